The normalized spacial score (nSPS) is 13.9. The first-order valence-corrected chi connectivity index (χ1v) is 12.6. The SMILES string of the molecule is CCCCCOCc1cn(Cc2cn(C[C@@H](O)[C@@H](O)[C@H](O)c3cc(-c4n[nH]c(=S)o4)co3)nn2)c(=O)[nH]c1=O. The zero-order valence-corrected chi connectivity index (χ0v) is 21.8. The quantitative estimate of drug-likeness (QED) is 0.106. The molecule has 39 heavy (non-hydrogen) atoms. The molecule has 210 valence electrons. The second kappa shape index (κ2) is 12.9. The number of unbranched alkanes of at least 4 members (excludes halogenated alkanes) is 2. The molecule has 0 aromatic carbocycles. The van der Waals surface area contributed by atoms with Crippen LogP contribution in [0.1, 0.15) is 49.3 Å². The summed E-state index contributed by atoms with van der Waals surface area (Å²) in [4.78, 5) is 26.7. The lowest BCUT2D eigenvalue weighted by Crippen LogP contribution is -2.35. The van der Waals surface area contributed by atoms with Crippen molar-refractivity contribution in [2.45, 2.75) is 64.2 Å². The minimum absolute atomic E-state index is 0.000848. The summed E-state index contributed by atoms with van der Waals surface area (Å²) in [6.07, 6.45) is 2.45. The fourth-order valence-corrected chi connectivity index (χ4v) is 3.86. The highest BCUT2D eigenvalue weighted by Crippen LogP contribution is 2.27. The summed E-state index contributed by atoms with van der Waals surface area (Å²) in [6.45, 7) is 2.45. The second-order valence-corrected chi connectivity index (χ2v) is 9.26. The van der Waals surface area contributed by atoms with Crippen LogP contribution in [-0.2, 0) is 24.4 Å². The van der Waals surface area contributed by atoms with Gasteiger partial charge in [-0.2, -0.15) is 0 Å². The van der Waals surface area contributed by atoms with E-state index in [1.807, 2.05) is 0 Å². The molecule has 4 rings (SSSR count). The molecule has 0 aliphatic heterocycles. The second-order valence-electron chi connectivity index (χ2n) is 8.89. The van der Waals surface area contributed by atoms with Crippen LogP contribution < -0.4 is 11.2 Å². The Morgan fingerprint density at radius 3 is 2.77 bits per heavy atom. The van der Waals surface area contributed by atoms with E-state index in [0.717, 1.165) is 19.3 Å². The zero-order valence-electron chi connectivity index (χ0n) is 21.0. The standard InChI is InChI=1S/C23H29N7O8S/c1-2-3-4-5-36-11-14-7-29(22(35)24-20(14)34)8-15-9-30(28-25-15)10-16(31)18(32)19(33)17-6-13(12-37-17)21-26-27-23(39)38-21/h6-7,9,12,16,18-19,31-33H,2-5,8,10-11H2,1H3,(H,27,39)(H,24,34,35)/t16-,18-,19-/m1/s1. The topological polar surface area (TPSA) is 210 Å². The van der Waals surface area contributed by atoms with Crippen LogP contribution in [0.25, 0.3) is 11.5 Å². The van der Waals surface area contributed by atoms with Crippen LogP contribution in [0.2, 0.25) is 0 Å². The number of hydrogen-bond acceptors (Lipinski definition) is 12. The highest BCUT2D eigenvalue weighted by Gasteiger charge is 2.29. The van der Waals surface area contributed by atoms with Crippen molar-refractivity contribution in [3.63, 3.8) is 0 Å². The van der Waals surface area contributed by atoms with Gasteiger partial charge in [0, 0.05) is 12.8 Å². The molecule has 5 N–H and O–H groups in total. The van der Waals surface area contributed by atoms with Gasteiger partial charge in [0.1, 0.15) is 36.0 Å². The van der Waals surface area contributed by atoms with Crippen molar-refractivity contribution in [3.8, 4) is 11.5 Å². The molecule has 0 bridgehead atoms. The van der Waals surface area contributed by atoms with Crippen LogP contribution in [-0.4, -0.2) is 68.9 Å². The highest BCUT2D eigenvalue weighted by molar-refractivity contribution is 7.71. The third-order valence-corrected chi connectivity index (χ3v) is 6.02. The van der Waals surface area contributed by atoms with E-state index in [1.165, 1.54) is 34.0 Å². The van der Waals surface area contributed by atoms with Gasteiger partial charge in [-0.1, -0.05) is 25.0 Å². The van der Waals surface area contributed by atoms with Crippen molar-refractivity contribution in [2.75, 3.05) is 6.61 Å². The van der Waals surface area contributed by atoms with Gasteiger partial charge in [0.25, 0.3) is 10.4 Å². The maximum Gasteiger partial charge on any atom is 0.328 e. The minimum atomic E-state index is -1.64. The highest BCUT2D eigenvalue weighted by atomic mass is 32.1. The molecule has 0 aliphatic rings. The van der Waals surface area contributed by atoms with Crippen molar-refractivity contribution in [1.29, 1.82) is 0 Å². The van der Waals surface area contributed by atoms with Gasteiger partial charge < -0.3 is 28.9 Å². The molecule has 3 atom stereocenters. The first-order chi connectivity index (χ1) is 18.7. The van der Waals surface area contributed by atoms with Gasteiger partial charge in [-0.05, 0) is 24.7 Å². The fourth-order valence-electron chi connectivity index (χ4n) is 3.74. The Kier molecular flexibility index (Phi) is 9.36. The van der Waals surface area contributed by atoms with Gasteiger partial charge in [0.05, 0.1) is 37.0 Å². The third kappa shape index (κ3) is 7.24. The molecule has 0 amide bonds. The van der Waals surface area contributed by atoms with Crippen LogP contribution in [0.3, 0.4) is 0 Å². The largest absolute Gasteiger partial charge is 0.466 e. The average molecular weight is 564 g/mol. The molecule has 0 unspecified atom stereocenters. The third-order valence-electron chi connectivity index (χ3n) is 5.84. The molecule has 16 heteroatoms. The fraction of sp³-hybridized carbons (Fsp3) is 0.478. The molecule has 0 aliphatic carbocycles. The van der Waals surface area contributed by atoms with Crippen LogP contribution in [0.15, 0.2) is 43.1 Å². The van der Waals surface area contributed by atoms with Crippen molar-refractivity contribution in [3.05, 3.63) is 67.4 Å². The summed E-state index contributed by atoms with van der Waals surface area (Å²) in [6, 6.07) is 1.40. The molecule has 0 spiro atoms. The van der Waals surface area contributed by atoms with E-state index in [2.05, 4.69) is 32.4 Å². The lowest BCUT2D eigenvalue weighted by Gasteiger charge is -2.21. The van der Waals surface area contributed by atoms with E-state index < -0.39 is 29.6 Å². The molecule has 0 radical (unpaired) electrons. The van der Waals surface area contributed by atoms with Crippen molar-refractivity contribution in [1.82, 2.24) is 34.7 Å². The maximum atomic E-state index is 12.3. The number of nitrogens with one attached hydrogen (secondary N) is 2. The van der Waals surface area contributed by atoms with Crippen LogP contribution >= 0.6 is 12.2 Å². The molecular formula is C23H29N7O8S. The predicted molar refractivity (Wildman–Crippen MR) is 136 cm³/mol. The van der Waals surface area contributed by atoms with Gasteiger partial charge in [0.15, 0.2) is 0 Å². The number of H-pyrrole nitrogens is 2. The van der Waals surface area contributed by atoms with Gasteiger partial charge in [-0.15, -0.1) is 10.2 Å². The average Bonchev–Trinajstić information content (AvgIpc) is 3.67. The molecule has 0 saturated carbocycles. The molecule has 4 aromatic heterocycles. The summed E-state index contributed by atoms with van der Waals surface area (Å²) in [5.74, 6) is 0.114. The molecule has 4 aromatic rings. The molecule has 15 nitrogen and oxygen atoms in total. The summed E-state index contributed by atoms with van der Waals surface area (Å²) in [5, 5.41) is 45.6. The summed E-state index contributed by atoms with van der Waals surface area (Å²) < 4.78 is 18.5. The Bertz CT molecular complexity index is 1530. The summed E-state index contributed by atoms with van der Waals surface area (Å²) in [5.41, 5.74) is -0.0908. The Hall–Kier alpha value is -3.70. The first-order valence-electron chi connectivity index (χ1n) is 12.2. The maximum absolute atomic E-state index is 12.3. The number of aliphatic hydroxyl groups excluding tert-OH is 3. The molecule has 0 fully saturated rings. The van der Waals surface area contributed by atoms with Gasteiger partial charge >= 0.3 is 5.69 Å². The Balaban J connectivity index is 1.36. The van der Waals surface area contributed by atoms with E-state index >= 15 is 0 Å². The minimum Gasteiger partial charge on any atom is -0.466 e. The van der Waals surface area contributed by atoms with Crippen LogP contribution in [0.5, 0.6) is 0 Å². The monoisotopic (exact) mass is 563 g/mol. The molecule has 0 saturated heterocycles. The Morgan fingerprint density at radius 2 is 2.03 bits per heavy atom. The number of ether oxygens (including phenoxy) is 1. The van der Waals surface area contributed by atoms with Crippen LogP contribution in [0.4, 0.5) is 0 Å². The van der Waals surface area contributed by atoms with Gasteiger partial charge in [-0.25, -0.2) is 14.6 Å². The number of aromatic amines is 2. The van der Waals surface area contributed by atoms with E-state index in [0.29, 0.717) is 23.4 Å². The lowest BCUT2D eigenvalue weighted by molar-refractivity contribution is -0.0739. The van der Waals surface area contributed by atoms with E-state index in [1.54, 1.807) is 0 Å². The number of aliphatic hydroxyl groups is 3. The Labute approximate surface area is 225 Å². The smallest absolute Gasteiger partial charge is 0.328 e. The van der Waals surface area contributed by atoms with Crippen molar-refractivity contribution in [2.24, 2.45) is 0 Å². The van der Waals surface area contributed by atoms with E-state index in [9.17, 15) is 24.9 Å². The van der Waals surface area contributed by atoms with Gasteiger partial charge in [0.2, 0.25) is 5.89 Å². The number of nitrogens with zero attached hydrogens (tertiary/aromatic N) is 5. The summed E-state index contributed by atoms with van der Waals surface area (Å²) >= 11 is 4.82. The van der Waals surface area contributed by atoms with Gasteiger partial charge in [-0.3, -0.25) is 14.3 Å². The van der Waals surface area contributed by atoms with Crippen molar-refractivity contribution >= 4 is 12.2 Å². The number of furan rings is 1. The summed E-state index contributed by atoms with van der Waals surface area (Å²) in [7, 11) is 0. The number of rotatable bonds is 14. The Morgan fingerprint density at radius 1 is 1.21 bits per heavy atom. The molecular weight excluding hydrogens is 534 g/mol. The lowest BCUT2D eigenvalue weighted by atomic mass is 10.1. The first kappa shape index (κ1) is 28.3. The number of aromatic nitrogens is 7. The van der Waals surface area contributed by atoms with Crippen LogP contribution in [0, 0.1) is 4.84 Å². The number of hydrogen-bond donors (Lipinski definition) is 5. The van der Waals surface area contributed by atoms with Crippen molar-refractivity contribution < 1.29 is 28.9 Å². The molecule has 4 heterocycles. The predicted octanol–water partition coefficient (Wildman–Crippen LogP) is 0.644. The zero-order chi connectivity index (χ0) is 27.9. The van der Waals surface area contributed by atoms with E-state index in [-0.39, 0.29) is 36.2 Å². The van der Waals surface area contributed by atoms with E-state index in [4.69, 9.17) is 25.8 Å².